The predicted octanol–water partition coefficient (Wildman–Crippen LogP) is 1.84. The van der Waals surface area contributed by atoms with E-state index in [0.717, 1.165) is 0 Å². The summed E-state index contributed by atoms with van der Waals surface area (Å²) in [4.78, 5) is 0.154. The van der Waals surface area contributed by atoms with Crippen LogP contribution < -0.4 is 5.73 Å². The molecule has 0 bridgehead atoms. The Morgan fingerprint density at radius 2 is 2.12 bits per heavy atom. The lowest BCUT2D eigenvalue weighted by Gasteiger charge is -2.07. The van der Waals surface area contributed by atoms with Crippen LogP contribution in [0.2, 0.25) is 0 Å². The first kappa shape index (κ1) is 13.5. The number of nitrogen functional groups attached to an aromatic ring is 1. The fourth-order valence-corrected chi connectivity index (χ4v) is 3.00. The third kappa shape index (κ3) is 3.47. The molecule has 0 unspecified atom stereocenters. The molecule has 0 atom stereocenters. The second-order valence-electron chi connectivity index (χ2n) is 3.20. The SMILES string of the molecule is CCOCCS(=O)(=O)c1cc(Br)ccc1N. The van der Waals surface area contributed by atoms with Crippen molar-refractivity contribution in [3.8, 4) is 0 Å². The van der Waals surface area contributed by atoms with E-state index in [-0.39, 0.29) is 22.9 Å². The highest BCUT2D eigenvalue weighted by molar-refractivity contribution is 9.10. The molecule has 1 aromatic carbocycles. The monoisotopic (exact) mass is 307 g/mol. The quantitative estimate of drug-likeness (QED) is 0.665. The van der Waals surface area contributed by atoms with Gasteiger partial charge < -0.3 is 10.5 Å². The lowest BCUT2D eigenvalue weighted by Crippen LogP contribution is -2.14. The van der Waals surface area contributed by atoms with E-state index in [9.17, 15) is 8.42 Å². The van der Waals surface area contributed by atoms with Crippen molar-refractivity contribution in [2.45, 2.75) is 11.8 Å². The number of sulfone groups is 1. The average molecular weight is 308 g/mol. The fraction of sp³-hybridized carbons (Fsp3) is 0.400. The molecule has 0 aromatic heterocycles. The highest BCUT2D eigenvalue weighted by Gasteiger charge is 2.17. The zero-order valence-corrected chi connectivity index (χ0v) is 11.3. The van der Waals surface area contributed by atoms with Crippen LogP contribution in [-0.2, 0) is 14.6 Å². The van der Waals surface area contributed by atoms with Crippen LogP contribution >= 0.6 is 15.9 Å². The summed E-state index contributed by atoms with van der Waals surface area (Å²) in [5, 5.41) is 0. The number of hydrogen-bond donors (Lipinski definition) is 1. The number of halogens is 1. The van der Waals surface area contributed by atoms with Gasteiger partial charge in [-0.1, -0.05) is 15.9 Å². The Morgan fingerprint density at radius 1 is 1.44 bits per heavy atom. The van der Waals surface area contributed by atoms with E-state index in [0.29, 0.717) is 11.1 Å². The molecule has 0 saturated heterocycles. The van der Waals surface area contributed by atoms with Crippen LogP contribution in [0.4, 0.5) is 5.69 Å². The van der Waals surface area contributed by atoms with Gasteiger partial charge in [0.2, 0.25) is 0 Å². The first-order chi connectivity index (χ1) is 7.47. The zero-order chi connectivity index (χ0) is 12.2. The summed E-state index contributed by atoms with van der Waals surface area (Å²) in [7, 11) is -3.37. The summed E-state index contributed by atoms with van der Waals surface area (Å²) in [5.74, 6) is -0.0541. The van der Waals surface area contributed by atoms with Gasteiger partial charge in [0.1, 0.15) is 0 Å². The van der Waals surface area contributed by atoms with Gasteiger partial charge in [-0.15, -0.1) is 0 Å². The van der Waals surface area contributed by atoms with E-state index in [2.05, 4.69) is 15.9 Å². The molecule has 0 spiro atoms. The number of rotatable bonds is 5. The van der Waals surface area contributed by atoms with Crippen LogP contribution in [0.15, 0.2) is 27.6 Å². The molecule has 6 heteroatoms. The normalized spacial score (nSPS) is 11.6. The van der Waals surface area contributed by atoms with Crippen molar-refractivity contribution < 1.29 is 13.2 Å². The van der Waals surface area contributed by atoms with Gasteiger partial charge in [-0.2, -0.15) is 0 Å². The minimum Gasteiger partial charge on any atom is -0.398 e. The van der Waals surface area contributed by atoms with Crippen LogP contribution in [0.5, 0.6) is 0 Å². The number of ether oxygens (including phenoxy) is 1. The minimum absolute atomic E-state index is 0.0541. The Balaban J connectivity index is 2.93. The molecule has 1 aromatic rings. The van der Waals surface area contributed by atoms with E-state index < -0.39 is 9.84 Å². The van der Waals surface area contributed by atoms with Crippen LogP contribution in [0.1, 0.15) is 6.92 Å². The van der Waals surface area contributed by atoms with E-state index in [1.807, 2.05) is 6.92 Å². The van der Waals surface area contributed by atoms with Crippen LogP contribution in [-0.4, -0.2) is 27.4 Å². The number of nitrogens with two attached hydrogens (primary N) is 1. The van der Waals surface area contributed by atoms with Gasteiger partial charge in [0.05, 0.1) is 22.9 Å². The van der Waals surface area contributed by atoms with Crippen molar-refractivity contribution in [1.29, 1.82) is 0 Å². The molecular weight excluding hydrogens is 294 g/mol. The Kier molecular flexibility index (Phi) is 4.76. The smallest absolute Gasteiger partial charge is 0.182 e. The fourth-order valence-electron chi connectivity index (χ4n) is 1.20. The van der Waals surface area contributed by atoms with Crippen LogP contribution in [0.25, 0.3) is 0 Å². The molecule has 0 aliphatic carbocycles. The molecule has 0 heterocycles. The van der Waals surface area contributed by atoms with Gasteiger partial charge in [-0.25, -0.2) is 8.42 Å². The predicted molar refractivity (Wildman–Crippen MR) is 67.1 cm³/mol. The van der Waals surface area contributed by atoms with E-state index in [1.165, 1.54) is 6.07 Å². The second-order valence-corrected chi connectivity index (χ2v) is 6.19. The van der Waals surface area contributed by atoms with Crippen molar-refractivity contribution in [2.24, 2.45) is 0 Å². The molecule has 1 rings (SSSR count). The summed E-state index contributed by atoms with van der Waals surface area (Å²) in [5.41, 5.74) is 5.90. The molecular formula is C10H14BrNO3S. The molecule has 0 saturated carbocycles. The van der Waals surface area contributed by atoms with Crippen LogP contribution in [0, 0.1) is 0 Å². The average Bonchev–Trinajstić information content (AvgIpc) is 2.22. The van der Waals surface area contributed by atoms with E-state index in [4.69, 9.17) is 10.5 Å². The largest absolute Gasteiger partial charge is 0.398 e. The van der Waals surface area contributed by atoms with Crippen molar-refractivity contribution in [3.05, 3.63) is 22.7 Å². The second kappa shape index (κ2) is 5.65. The number of benzene rings is 1. The molecule has 0 radical (unpaired) electrons. The lowest BCUT2D eigenvalue weighted by atomic mass is 10.3. The van der Waals surface area contributed by atoms with Gasteiger partial charge in [0.25, 0.3) is 0 Å². The Morgan fingerprint density at radius 3 is 2.75 bits per heavy atom. The topological polar surface area (TPSA) is 69.4 Å². The summed E-state index contributed by atoms with van der Waals surface area (Å²) in [6.07, 6.45) is 0. The first-order valence-electron chi connectivity index (χ1n) is 4.83. The zero-order valence-electron chi connectivity index (χ0n) is 8.94. The summed E-state index contributed by atoms with van der Waals surface area (Å²) in [6, 6.07) is 4.78. The van der Waals surface area contributed by atoms with Crippen molar-refractivity contribution >= 4 is 31.5 Å². The molecule has 0 fully saturated rings. The van der Waals surface area contributed by atoms with Gasteiger partial charge >= 0.3 is 0 Å². The van der Waals surface area contributed by atoms with E-state index >= 15 is 0 Å². The summed E-state index contributed by atoms with van der Waals surface area (Å²) < 4.78 is 29.5. The highest BCUT2D eigenvalue weighted by Crippen LogP contribution is 2.23. The van der Waals surface area contributed by atoms with Crippen molar-refractivity contribution in [1.82, 2.24) is 0 Å². The Hall–Kier alpha value is -0.590. The first-order valence-corrected chi connectivity index (χ1v) is 7.27. The summed E-state index contributed by atoms with van der Waals surface area (Å²) >= 11 is 3.22. The van der Waals surface area contributed by atoms with Gasteiger partial charge in [-0.05, 0) is 25.1 Å². The maximum absolute atomic E-state index is 11.9. The summed E-state index contributed by atoms with van der Waals surface area (Å²) in [6.45, 7) is 2.51. The van der Waals surface area contributed by atoms with Gasteiger partial charge in [-0.3, -0.25) is 0 Å². The minimum atomic E-state index is -3.37. The number of hydrogen-bond acceptors (Lipinski definition) is 4. The molecule has 0 amide bonds. The third-order valence-corrected chi connectivity index (χ3v) is 4.23. The van der Waals surface area contributed by atoms with Crippen molar-refractivity contribution in [2.75, 3.05) is 24.7 Å². The Bertz CT molecular complexity index is 459. The maximum Gasteiger partial charge on any atom is 0.182 e. The molecule has 2 N–H and O–H groups in total. The Labute approximate surface area is 104 Å². The molecule has 0 aliphatic heterocycles. The van der Waals surface area contributed by atoms with Crippen LogP contribution in [0.3, 0.4) is 0 Å². The number of anilines is 1. The molecule has 16 heavy (non-hydrogen) atoms. The maximum atomic E-state index is 11.9. The molecule has 90 valence electrons. The third-order valence-electron chi connectivity index (χ3n) is 2.01. The van der Waals surface area contributed by atoms with Gasteiger partial charge in [0.15, 0.2) is 9.84 Å². The standard InChI is InChI=1S/C10H14BrNO3S/c1-2-15-5-6-16(13,14)10-7-8(11)3-4-9(10)12/h3-4,7H,2,5-6,12H2,1H3. The highest BCUT2D eigenvalue weighted by atomic mass is 79.9. The van der Waals surface area contributed by atoms with Gasteiger partial charge in [0, 0.05) is 11.1 Å². The molecule has 0 aliphatic rings. The van der Waals surface area contributed by atoms with E-state index in [1.54, 1.807) is 12.1 Å². The molecule has 4 nitrogen and oxygen atoms in total. The van der Waals surface area contributed by atoms with Crippen molar-refractivity contribution in [3.63, 3.8) is 0 Å². The lowest BCUT2D eigenvalue weighted by molar-refractivity contribution is 0.163.